The molecule has 1 aliphatic heterocycles. The van der Waals surface area contributed by atoms with Crippen molar-refractivity contribution in [2.45, 2.75) is 44.1 Å². The molecule has 3 heteroatoms. The Morgan fingerprint density at radius 2 is 1.82 bits per heavy atom. The van der Waals surface area contributed by atoms with E-state index in [4.69, 9.17) is 4.74 Å². The summed E-state index contributed by atoms with van der Waals surface area (Å²) in [6.45, 7) is 6.73. The molecule has 1 aromatic rings. The van der Waals surface area contributed by atoms with Crippen molar-refractivity contribution in [3.8, 4) is 0 Å². The van der Waals surface area contributed by atoms with Gasteiger partial charge in [-0.15, -0.1) is 0 Å². The number of carbonyl (C=O) groups excluding carboxylic acids is 1. The number of ether oxygens (including phenoxy) is 1. The van der Waals surface area contributed by atoms with Gasteiger partial charge in [-0.2, -0.15) is 0 Å². The summed E-state index contributed by atoms with van der Waals surface area (Å²) in [5, 5.41) is 0. The monoisotopic (exact) mass is 248 g/mol. The van der Waals surface area contributed by atoms with Crippen molar-refractivity contribution >= 4 is 14.0 Å². The average Bonchev–Trinajstić information content (AvgIpc) is 2.22. The Morgan fingerprint density at radius 3 is 2.35 bits per heavy atom. The lowest BCUT2D eigenvalue weighted by molar-refractivity contribution is -0.170. The van der Waals surface area contributed by atoms with Gasteiger partial charge >= 0.3 is 5.97 Å². The number of esters is 1. The SMILES string of the molecule is C[Si](C)(C)[C@H]1C(=O)O[C@H]1CCc1ccccc1. The second-order valence-corrected chi connectivity index (χ2v) is 11.2. The molecule has 0 N–H and O–H groups in total. The fourth-order valence-corrected chi connectivity index (χ4v) is 4.59. The number of benzene rings is 1. The third-order valence-electron chi connectivity index (χ3n) is 3.39. The zero-order chi connectivity index (χ0) is 12.5. The summed E-state index contributed by atoms with van der Waals surface area (Å²) in [6, 6.07) is 10.4. The predicted octanol–water partition coefficient (Wildman–Crippen LogP) is 3.25. The van der Waals surface area contributed by atoms with E-state index in [1.165, 1.54) is 5.56 Å². The highest BCUT2D eigenvalue weighted by molar-refractivity contribution is 6.81. The van der Waals surface area contributed by atoms with Gasteiger partial charge < -0.3 is 4.74 Å². The number of hydrogen-bond acceptors (Lipinski definition) is 2. The summed E-state index contributed by atoms with van der Waals surface area (Å²) in [5.74, 6) is 0.0298. The van der Waals surface area contributed by atoms with E-state index in [1.807, 2.05) is 6.07 Å². The van der Waals surface area contributed by atoms with E-state index in [0.29, 0.717) is 0 Å². The maximum Gasteiger partial charge on any atom is 0.310 e. The minimum atomic E-state index is -1.41. The lowest BCUT2D eigenvalue weighted by Gasteiger charge is -2.42. The molecule has 1 saturated heterocycles. The van der Waals surface area contributed by atoms with E-state index in [1.54, 1.807) is 0 Å². The van der Waals surface area contributed by atoms with Gasteiger partial charge in [0, 0.05) is 0 Å². The molecule has 2 atom stereocenters. The Morgan fingerprint density at radius 1 is 1.18 bits per heavy atom. The van der Waals surface area contributed by atoms with Crippen LogP contribution in [0.15, 0.2) is 30.3 Å². The maximum absolute atomic E-state index is 11.5. The third-order valence-corrected chi connectivity index (χ3v) is 5.86. The Hall–Kier alpha value is -1.09. The van der Waals surface area contributed by atoms with Crippen molar-refractivity contribution in [3.63, 3.8) is 0 Å². The second-order valence-electron chi connectivity index (χ2n) is 5.84. The number of cyclic esters (lactones) is 1. The molecule has 17 heavy (non-hydrogen) atoms. The maximum atomic E-state index is 11.5. The van der Waals surface area contributed by atoms with E-state index >= 15 is 0 Å². The summed E-state index contributed by atoms with van der Waals surface area (Å²) in [5.41, 5.74) is 1.52. The molecular weight excluding hydrogens is 228 g/mol. The second kappa shape index (κ2) is 4.65. The highest BCUT2D eigenvalue weighted by Crippen LogP contribution is 2.39. The molecule has 0 radical (unpaired) electrons. The minimum absolute atomic E-state index is 0.0298. The molecule has 0 amide bonds. The quantitative estimate of drug-likeness (QED) is 0.604. The van der Waals surface area contributed by atoms with E-state index in [9.17, 15) is 4.79 Å². The van der Waals surface area contributed by atoms with Crippen LogP contribution < -0.4 is 0 Å². The van der Waals surface area contributed by atoms with E-state index in [2.05, 4.69) is 43.9 Å². The number of carbonyl (C=O) groups is 1. The van der Waals surface area contributed by atoms with Crippen LogP contribution in [0, 0.1) is 0 Å². The lowest BCUT2D eigenvalue weighted by Crippen LogP contribution is -2.52. The molecule has 2 nitrogen and oxygen atoms in total. The highest BCUT2D eigenvalue weighted by Gasteiger charge is 2.49. The first kappa shape index (κ1) is 12.4. The van der Waals surface area contributed by atoms with E-state index in [-0.39, 0.29) is 17.6 Å². The van der Waals surface area contributed by atoms with Crippen molar-refractivity contribution in [2.24, 2.45) is 0 Å². The summed E-state index contributed by atoms with van der Waals surface area (Å²) in [7, 11) is -1.41. The first-order chi connectivity index (χ1) is 7.98. The van der Waals surface area contributed by atoms with Crippen LogP contribution >= 0.6 is 0 Å². The van der Waals surface area contributed by atoms with Gasteiger partial charge in [0.25, 0.3) is 0 Å². The Bertz CT molecular complexity index is 394. The van der Waals surface area contributed by atoms with E-state index < -0.39 is 8.07 Å². The molecule has 0 saturated carbocycles. The summed E-state index contributed by atoms with van der Waals surface area (Å²) in [4.78, 5) is 11.5. The minimum Gasteiger partial charge on any atom is -0.462 e. The van der Waals surface area contributed by atoms with Gasteiger partial charge in [0.05, 0.1) is 13.6 Å². The lowest BCUT2D eigenvalue weighted by atomic mass is 10.0. The van der Waals surface area contributed by atoms with Crippen LogP contribution in [0.5, 0.6) is 0 Å². The van der Waals surface area contributed by atoms with Crippen LogP contribution in [-0.4, -0.2) is 20.1 Å². The Kier molecular flexibility index (Phi) is 3.38. The standard InChI is InChI=1S/C14H20O2Si/c1-17(2,3)13-12(16-14(13)15)10-9-11-7-5-4-6-8-11/h4-8,12-13H,9-10H2,1-3H3/t12-,13+/m0/s1. The molecule has 0 spiro atoms. The number of rotatable bonds is 4. The fourth-order valence-electron chi connectivity index (χ4n) is 2.46. The zero-order valence-electron chi connectivity index (χ0n) is 10.8. The summed E-state index contributed by atoms with van der Waals surface area (Å²) < 4.78 is 5.30. The van der Waals surface area contributed by atoms with Crippen molar-refractivity contribution < 1.29 is 9.53 Å². The van der Waals surface area contributed by atoms with Crippen LogP contribution in [0.2, 0.25) is 25.2 Å². The molecule has 1 aliphatic rings. The Balaban J connectivity index is 1.91. The molecular formula is C14H20O2Si. The van der Waals surface area contributed by atoms with Gasteiger partial charge in [-0.25, -0.2) is 0 Å². The Labute approximate surface area is 104 Å². The van der Waals surface area contributed by atoms with Gasteiger partial charge in [0.15, 0.2) is 0 Å². The first-order valence-corrected chi connectivity index (χ1v) is 9.80. The van der Waals surface area contributed by atoms with Gasteiger partial charge in [-0.05, 0) is 18.4 Å². The molecule has 0 unspecified atom stereocenters. The molecule has 0 aromatic heterocycles. The number of hydrogen-bond donors (Lipinski definition) is 0. The topological polar surface area (TPSA) is 26.3 Å². The molecule has 1 fully saturated rings. The van der Waals surface area contributed by atoms with E-state index in [0.717, 1.165) is 12.8 Å². The van der Waals surface area contributed by atoms with Crippen molar-refractivity contribution in [3.05, 3.63) is 35.9 Å². The van der Waals surface area contributed by atoms with Crippen LogP contribution in [-0.2, 0) is 16.0 Å². The average molecular weight is 248 g/mol. The van der Waals surface area contributed by atoms with Crippen LogP contribution in [0.25, 0.3) is 0 Å². The van der Waals surface area contributed by atoms with Gasteiger partial charge in [-0.1, -0.05) is 50.0 Å². The molecule has 0 aliphatic carbocycles. The summed E-state index contributed by atoms with van der Waals surface area (Å²) in [6.07, 6.45) is 2.12. The van der Waals surface area contributed by atoms with Crippen LogP contribution in [0.4, 0.5) is 0 Å². The molecule has 1 aromatic carbocycles. The molecule has 2 rings (SSSR count). The van der Waals surface area contributed by atoms with Crippen molar-refractivity contribution in [1.82, 2.24) is 0 Å². The van der Waals surface area contributed by atoms with Crippen molar-refractivity contribution in [2.75, 3.05) is 0 Å². The predicted molar refractivity (Wildman–Crippen MR) is 71.7 cm³/mol. The first-order valence-electron chi connectivity index (χ1n) is 6.23. The van der Waals surface area contributed by atoms with Gasteiger partial charge in [0.2, 0.25) is 0 Å². The molecule has 92 valence electrons. The third kappa shape index (κ3) is 2.78. The highest BCUT2D eigenvalue weighted by atomic mass is 28.3. The molecule has 0 bridgehead atoms. The fraction of sp³-hybridized carbons (Fsp3) is 0.500. The summed E-state index contributed by atoms with van der Waals surface area (Å²) >= 11 is 0. The molecule has 1 heterocycles. The van der Waals surface area contributed by atoms with Gasteiger partial charge in [-0.3, -0.25) is 4.79 Å². The van der Waals surface area contributed by atoms with Crippen molar-refractivity contribution in [1.29, 1.82) is 0 Å². The zero-order valence-corrected chi connectivity index (χ0v) is 11.8. The smallest absolute Gasteiger partial charge is 0.310 e. The number of aryl methyl sites for hydroxylation is 1. The largest absolute Gasteiger partial charge is 0.462 e. The van der Waals surface area contributed by atoms with Crippen LogP contribution in [0.3, 0.4) is 0 Å². The van der Waals surface area contributed by atoms with Gasteiger partial charge in [0.1, 0.15) is 6.10 Å². The van der Waals surface area contributed by atoms with Crippen LogP contribution in [0.1, 0.15) is 12.0 Å². The normalized spacial score (nSPS) is 24.1.